The smallest absolute Gasteiger partial charge is 0.283 e. The summed E-state index contributed by atoms with van der Waals surface area (Å²) in [4.78, 5) is 17.1. The highest BCUT2D eigenvalue weighted by Gasteiger charge is 2.36. The Hall–Kier alpha value is -3.91. The number of aromatic nitrogens is 1. The molecule has 7 nitrogen and oxygen atoms in total. The molecule has 3 heterocycles. The molecule has 5 rings (SSSR count). The molecule has 0 aliphatic carbocycles. The van der Waals surface area contributed by atoms with Gasteiger partial charge in [0.25, 0.3) is 5.91 Å². The van der Waals surface area contributed by atoms with E-state index in [0.29, 0.717) is 10.2 Å². The largest absolute Gasteiger partial charge is 0.486 e. The lowest BCUT2D eigenvalue weighted by atomic mass is 10.1. The van der Waals surface area contributed by atoms with Crippen LogP contribution in [0, 0.1) is 40.0 Å². The van der Waals surface area contributed by atoms with Crippen molar-refractivity contribution in [3.63, 3.8) is 0 Å². The van der Waals surface area contributed by atoms with E-state index in [4.69, 9.17) is 10.1 Å². The second-order valence-electron chi connectivity index (χ2n) is 9.00. The number of para-hydroxylation sites is 1. The minimum absolute atomic E-state index is 0.0133. The first-order chi connectivity index (χ1) is 17.2. The van der Waals surface area contributed by atoms with Crippen molar-refractivity contribution in [1.82, 2.24) is 9.58 Å². The fourth-order valence-corrected chi connectivity index (χ4v) is 5.10. The lowest BCUT2D eigenvalue weighted by Gasteiger charge is -2.20. The van der Waals surface area contributed by atoms with Gasteiger partial charge in [-0.2, -0.15) is 15.1 Å². The van der Waals surface area contributed by atoms with Gasteiger partial charge in [0.05, 0.1) is 5.57 Å². The summed E-state index contributed by atoms with van der Waals surface area (Å²) < 4.78 is 8.06. The molecule has 0 unspecified atom stereocenters. The van der Waals surface area contributed by atoms with Crippen molar-refractivity contribution in [2.75, 3.05) is 6.61 Å². The molecule has 0 radical (unpaired) electrons. The molecular formula is C28H27N5O2S. The van der Waals surface area contributed by atoms with Crippen molar-refractivity contribution >= 4 is 39.8 Å². The van der Waals surface area contributed by atoms with Crippen molar-refractivity contribution in [3.05, 3.63) is 87.7 Å². The van der Waals surface area contributed by atoms with Gasteiger partial charge in [0, 0.05) is 17.1 Å². The minimum atomic E-state index is -0.439. The molecule has 2 aliphatic heterocycles. The third kappa shape index (κ3) is 4.28. The first-order valence-electron chi connectivity index (χ1n) is 11.7. The zero-order valence-electron chi connectivity index (χ0n) is 20.9. The molecule has 8 heteroatoms. The van der Waals surface area contributed by atoms with Crippen LogP contribution in [0.4, 0.5) is 0 Å². The molecular weight excluding hydrogens is 470 g/mol. The molecule has 0 saturated heterocycles. The average molecular weight is 498 g/mol. The second-order valence-corrected chi connectivity index (χ2v) is 10.0. The summed E-state index contributed by atoms with van der Waals surface area (Å²) in [5, 5.41) is 15.7. The Kier molecular flexibility index (Phi) is 6.14. The van der Waals surface area contributed by atoms with E-state index in [-0.39, 0.29) is 18.0 Å². The van der Waals surface area contributed by atoms with Gasteiger partial charge in [0.15, 0.2) is 5.84 Å². The number of aryl methyl sites for hydroxylation is 4. The SMILES string of the molecule is Cc1ccc(-n2c(C)cc(/C=C3\C(=N)N4N=C(COc5ccccc5C)SC4=NC3=O)c2C)cc1C. The van der Waals surface area contributed by atoms with E-state index < -0.39 is 5.91 Å². The van der Waals surface area contributed by atoms with Crippen LogP contribution in [0.15, 0.2) is 64.2 Å². The Morgan fingerprint density at radius 2 is 1.78 bits per heavy atom. The van der Waals surface area contributed by atoms with Gasteiger partial charge in [0.1, 0.15) is 17.4 Å². The van der Waals surface area contributed by atoms with Crippen LogP contribution in [0.2, 0.25) is 0 Å². The zero-order valence-corrected chi connectivity index (χ0v) is 21.7. The molecule has 0 fully saturated rings. The Balaban J connectivity index is 1.41. The van der Waals surface area contributed by atoms with Crippen molar-refractivity contribution < 1.29 is 9.53 Å². The zero-order chi connectivity index (χ0) is 25.6. The summed E-state index contributed by atoms with van der Waals surface area (Å²) in [6.45, 7) is 10.5. The second kappa shape index (κ2) is 9.28. The Bertz CT molecular complexity index is 1510. The van der Waals surface area contributed by atoms with Crippen LogP contribution in [-0.4, -0.2) is 38.1 Å². The van der Waals surface area contributed by atoms with Gasteiger partial charge in [-0.15, -0.1) is 0 Å². The maximum absolute atomic E-state index is 12.9. The van der Waals surface area contributed by atoms with E-state index in [1.807, 2.05) is 51.1 Å². The number of hydrazone groups is 1. The number of carbonyl (C=O) groups is 1. The van der Waals surface area contributed by atoms with E-state index in [1.54, 1.807) is 6.08 Å². The summed E-state index contributed by atoms with van der Waals surface area (Å²) in [5.74, 6) is 0.351. The van der Waals surface area contributed by atoms with Gasteiger partial charge in [-0.3, -0.25) is 10.2 Å². The normalized spacial score (nSPS) is 16.4. The molecule has 1 N–H and O–H groups in total. The summed E-state index contributed by atoms with van der Waals surface area (Å²) >= 11 is 1.25. The molecule has 0 bridgehead atoms. The molecule has 1 aromatic heterocycles. The number of benzene rings is 2. The number of hydrogen-bond donors (Lipinski definition) is 1. The third-order valence-electron chi connectivity index (χ3n) is 6.46. The van der Waals surface area contributed by atoms with Gasteiger partial charge in [-0.05, 0) is 99.0 Å². The van der Waals surface area contributed by atoms with Crippen molar-refractivity contribution in [3.8, 4) is 11.4 Å². The van der Waals surface area contributed by atoms with Crippen LogP contribution in [0.5, 0.6) is 5.75 Å². The van der Waals surface area contributed by atoms with E-state index in [0.717, 1.165) is 34.0 Å². The van der Waals surface area contributed by atoms with Gasteiger partial charge in [-0.1, -0.05) is 24.3 Å². The Labute approximate surface area is 214 Å². The highest BCUT2D eigenvalue weighted by molar-refractivity contribution is 8.27. The van der Waals surface area contributed by atoms with Gasteiger partial charge >= 0.3 is 0 Å². The summed E-state index contributed by atoms with van der Waals surface area (Å²) in [7, 11) is 0. The number of hydrogen-bond acceptors (Lipinski definition) is 5. The topological polar surface area (TPSA) is 83.0 Å². The number of thioether (sulfide) groups is 1. The molecule has 36 heavy (non-hydrogen) atoms. The fraction of sp³-hybridized carbons (Fsp3) is 0.214. The number of nitrogens with one attached hydrogen (secondary N) is 1. The first-order valence-corrected chi connectivity index (χ1v) is 12.5. The summed E-state index contributed by atoms with van der Waals surface area (Å²) in [5.41, 5.74) is 7.69. The highest BCUT2D eigenvalue weighted by atomic mass is 32.2. The van der Waals surface area contributed by atoms with E-state index in [1.165, 1.54) is 27.9 Å². The standard InChI is InChI=1S/C28H27N5O2S/c1-16-10-11-22(12-18(16)3)32-19(4)13-21(20(32)5)14-23-26(29)33-28(30-27(23)34)36-25(31-33)15-35-24-9-7-6-8-17(24)2/h6-14,29H,15H2,1-5H3/b23-14+,29-26?. The molecule has 182 valence electrons. The van der Waals surface area contributed by atoms with E-state index in [2.05, 4.69) is 46.7 Å². The molecule has 0 spiro atoms. The van der Waals surface area contributed by atoms with Crippen molar-refractivity contribution in [2.24, 2.45) is 10.1 Å². The third-order valence-corrected chi connectivity index (χ3v) is 7.34. The van der Waals surface area contributed by atoms with Crippen molar-refractivity contribution in [1.29, 1.82) is 5.41 Å². The van der Waals surface area contributed by atoms with Crippen LogP contribution in [0.25, 0.3) is 11.8 Å². The summed E-state index contributed by atoms with van der Waals surface area (Å²) in [6, 6.07) is 16.2. The van der Waals surface area contributed by atoms with Crippen LogP contribution >= 0.6 is 11.8 Å². The Morgan fingerprint density at radius 3 is 2.53 bits per heavy atom. The molecule has 2 aromatic carbocycles. The number of carbonyl (C=O) groups excluding carboxylic acids is 1. The van der Waals surface area contributed by atoms with Gasteiger partial charge < -0.3 is 9.30 Å². The van der Waals surface area contributed by atoms with Crippen molar-refractivity contribution in [2.45, 2.75) is 34.6 Å². The predicted molar refractivity (Wildman–Crippen MR) is 146 cm³/mol. The lowest BCUT2D eigenvalue weighted by Crippen LogP contribution is -2.35. The maximum atomic E-state index is 12.9. The number of amidine groups is 2. The van der Waals surface area contributed by atoms with Gasteiger partial charge in [0.2, 0.25) is 5.17 Å². The molecule has 0 saturated carbocycles. The number of rotatable bonds is 5. The molecule has 3 aromatic rings. The van der Waals surface area contributed by atoms with Crippen LogP contribution < -0.4 is 4.74 Å². The summed E-state index contributed by atoms with van der Waals surface area (Å²) in [6.07, 6.45) is 1.74. The number of fused-ring (bicyclic) bond motifs is 1. The quantitative estimate of drug-likeness (QED) is 0.457. The minimum Gasteiger partial charge on any atom is -0.486 e. The maximum Gasteiger partial charge on any atom is 0.283 e. The fourth-order valence-electron chi connectivity index (χ4n) is 4.30. The van der Waals surface area contributed by atoms with Crippen LogP contribution in [0.3, 0.4) is 0 Å². The van der Waals surface area contributed by atoms with Crippen LogP contribution in [0.1, 0.15) is 33.6 Å². The average Bonchev–Trinajstić information content (AvgIpc) is 3.37. The lowest BCUT2D eigenvalue weighted by molar-refractivity contribution is -0.114. The van der Waals surface area contributed by atoms with E-state index in [9.17, 15) is 4.79 Å². The molecule has 2 aliphatic rings. The number of nitrogens with zero attached hydrogens (tertiary/aromatic N) is 4. The molecule has 1 amide bonds. The number of amides is 1. The van der Waals surface area contributed by atoms with Gasteiger partial charge in [-0.25, -0.2) is 0 Å². The van der Waals surface area contributed by atoms with E-state index >= 15 is 0 Å². The Morgan fingerprint density at radius 1 is 1.00 bits per heavy atom. The predicted octanol–water partition coefficient (Wildman–Crippen LogP) is 5.72. The van der Waals surface area contributed by atoms with Crippen LogP contribution in [-0.2, 0) is 4.79 Å². The monoisotopic (exact) mass is 497 g/mol. The first kappa shape index (κ1) is 23.8. The molecule has 0 atom stereocenters. The number of ether oxygens (including phenoxy) is 1. The number of aliphatic imine (C=N–C) groups is 1. The highest BCUT2D eigenvalue weighted by Crippen LogP contribution is 2.30.